The molecule has 20 heavy (non-hydrogen) atoms. The van der Waals surface area contributed by atoms with Crippen LogP contribution in [0, 0.1) is 6.92 Å². The van der Waals surface area contributed by atoms with Crippen LogP contribution in [0.2, 0.25) is 0 Å². The molecule has 0 aliphatic carbocycles. The Morgan fingerprint density at radius 2 is 2.10 bits per heavy atom. The number of hydrogen-bond acceptors (Lipinski definition) is 5. The molecule has 0 aliphatic heterocycles. The molecule has 1 heterocycles. The van der Waals surface area contributed by atoms with Crippen LogP contribution in [0.1, 0.15) is 16.3 Å². The molecule has 2 aromatic rings. The molecule has 0 amide bonds. The van der Waals surface area contributed by atoms with E-state index in [4.69, 9.17) is 0 Å². The number of nitrogens with one attached hydrogen (secondary N) is 2. The molecule has 2 N–H and O–H groups in total. The molecule has 0 saturated carbocycles. The predicted octanol–water partition coefficient (Wildman–Crippen LogP) is 1.65. The van der Waals surface area contributed by atoms with Crippen LogP contribution in [-0.4, -0.2) is 20.4 Å². The van der Waals surface area contributed by atoms with Crippen molar-refractivity contribution < 1.29 is 8.42 Å². The van der Waals surface area contributed by atoms with E-state index in [1.165, 1.54) is 11.3 Å². The third-order valence-electron chi connectivity index (χ3n) is 2.67. The highest BCUT2D eigenvalue weighted by molar-refractivity contribution is 7.89. The van der Waals surface area contributed by atoms with Gasteiger partial charge in [-0.25, -0.2) is 18.1 Å². The molecule has 0 radical (unpaired) electrons. The molecule has 0 aliphatic rings. The minimum atomic E-state index is -3.50. The number of rotatable bonds is 6. The van der Waals surface area contributed by atoms with Crippen LogP contribution in [0.4, 0.5) is 0 Å². The predicted molar refractivity (Wildman–Crippen MR) is 80.1 cm³/mol. The van der Waals surface area contributed by atoms with Gasteiger partial charge in [0.25, 0.3) is 0 Å². The number of aromatic nitrogens is 1. The summed E-state index contributed by atoms with van der Waals surface area (Å²) in [5, 5.41) is 5.66. The fourth-order valence-electron chi connectivity index (χ4n) is 1.75. The Balaban J connectivity index is 2.11. The number of aryl methyl sites for hydroxylation is 1. The Morgan fingerprint density at radius 3 is 2.75 bits per heavy atom. The van der Waals surface area contributed by atoms with Gasteiger partial charge in [0.1, 0.15) is 5.01 Å². The van der Waals surface area contributed by atoms with E-state index in [2.05, 4.69) is 15.0 Å². The van der Waals surface area contributed by atoms with E-state index in [1.807, 2.05) is 25.4 Å². The van der Waals surface area contributed by atoms with Crippen molar-refractivity contribution >= 4 is 21.4 Å². The second-order valence-corrected chi connectivity index (χ2v) is 7.09. The van der Waals surface area contributed by atoms with Gasteiger partial charge < -0.3 is 5.32 Å². The maximum absolute atomic E-state index is 12.2. The third kappa shape index (κ3) is 3.86. The quantitative estimate of drug-likeness (QED) is 0.851. The Bertz CT molecular complexity index is 680. The zero-order chi connectivity index (χ0) is 14.6. The normalized spacial score (nSPS) is 11.7. The molecule has 0 unspecified atom stereocenters. The van der Waals surface area contributed by atoms with Crippen LogP contribution < -0.4 is 10.0 Å². The van der Waals surface area contributed by atoms with Gasteiger partial charge >= 0.3 is 0 Å². The number of sulfonamides is 1. The summed E-state index contributed by atoms with van der Waals surface area (Å²) in [6, 6.07) is 6.90. The number of thiazole rings is 1. The molecular weight excluding hydrogens is 294 g/mol. The third-order valence-corrected chi connectivity index (χ3v) is 5.04. The minimum absolute atomic E-state index is 0.219. The highest BCUT2D eigenvalue weighted by Crippen LogP contribution is 2.13. The second kappa shape index (κ2) is 6.45. The van der Waals surface area contributed by atoms with E-state index >= 15 is 0 Å². The van der Waals surface area contributed by atoms with E-state index in [9.17, 15) is 8.42 Å². The van der Waals surface area contributed by atoms with Crippen molar-refractivity contribution in [3.05, 3.63) is 45.9 Å². The summed E-state index contributed by atoms with van der Waals surface area (Å²) in [5.74, 6) is 0. The topological polar surface area (TPSA) is 71.1 Å². The lowest BCUT2D eigenvalue weighted by molar-refractivity contribution is 0.581. The molecule has 1 aromatic heterocycles. The molecular formula is C13H17N3O2S2. The summed E-state index contributed by atoms with van der Waals surface area (Å²) in [7, 11) is -1.68. The molecule has 5 nitrogen and oxygen atoms in total. The van der Waals surface area contributed by atoms with Crippen molar-refractivity contribution in [1.82, 2.24) is 15.0 Å². The first-order valence-electron chi connectivity index (χ1n) is 6.15. The summed E-state index contributed by atoms with van der Waals surface area (Å²) in [6.45, 7) is 2.74. The van der Waals surface area contributed by atoms with Gasteiger partial charge in [0, 0.05) is 17.6 Å². The Labute approximate surface area is 123 Å². The largest absolute Gasteiger partial charge is 0.316 e. The molecule has 0 spiro atoms. The van der Waals surface area contributed by atoms with Crippen LogP contribution in [-0.2, 0) is 23.1 Å². The average Bonchev–Trinajstić information content (AvgIpc) is 2.83. The van der Waals surface area contributed by atoms with Crippen molar-refractivity contribution in [3.63, 3.8) is 0 Å². The van der Waals surface area contributed by atoms with Gasteiger partial charge in [-0.15, -0.1) is 11.3 Å². The fraction of sp³-hybridized carbons (Fsp3) is 0.308. The molecule has 0 fully saturated rings. The van der Waals surface area contributed by atoms with Crippen molar-refractivity contribution in [2.75, 3.05) is 7.05 Å². The van der Waals surface area contributed by atoms with Gasteiger partial charge in [-0.3, -0.25) is 0 Å². The summed E-state index contributed by atoms with van der Waals surface area (Å²) >= 11 is 1.45. The molecule has 0 atom stereocenters. The molecule has 108 valence electrons. The van der Waals surface area contributed by atoms with Gasteiger partial charge in [0.05, 0.1) is 11.4 Å². The fourth-order valence-corrected chi connectivity index (χ4v) is 3.61. The first-order valence-corrected chi connectivity index (χ1v) is 8.52. The summed E-state index contributed by atoms with van der Waals surface area (Å²) in [6.07, 6.45) is 0. The molecule has 1 aromatic carbocycles. The van der Waals surface area contributed by atoms with Gasteiger partial charge in [-0.1, -0.05) is 12.1 Å². The summed E-state index contributed by atoms with van der Waals surface area (Å²) in [4.78, 5) is 4.51. The Morgan fingerprint density at radius 1 is 1.30 bits per heavy atom. The van der Waals surface area contributed by atoms with Crippen LogP contribution in [0.5, 0.6) is 0 Å². The number of benzene rings is 1. The maximum Gasteiger partial charge on any atom is 0.240 e. The van der Waals surface area contributed by atoms with E-state index in [0.29, 0.717) is 6.54 Å². The van der Waals surface area contributed by atoms with Gasteiger partial charge in [-0.05, 0) is 31.7 Å². The Hall–Kier alpha value is -1.28. The molecule has 0 bridgehead atoms. The van der Waals surface area contributed by atoms with Gasteiger partial charge in [0.2, 0.25) is 10.0 Å². The maximum atomic E-state index is 12.2. The summed E-state index contributed by atoms with van der Waals surface area (Å²) in [5.41, 5.74) is 1.83. The number of hydrogen-bond donors (Lipinski definition) is 2. The first kappa shape index (κ1) is 15.1. The van der Waals surface area contributed by atoms with E-state index in [1.54, 1.807) is 18.2 Å². The lowest BCUT2D eigenvalue weighted by Crippen LogP contribution is -2.23. The van der Waals surface area contributed by atoms with Crippen LogP contribution in [0.25, 0.3) is 0 Å². The van der Waals surface area contributed by atoms with Crippen molar-refractivity contribution in [3.8, 4) is 0 Å². The number of nitrogens with zero attached hydrogens (tertiary/aromatic N) is 1. The van der Waals surface area contributed by atoms with E-state index < -0.39 is 10.0 Å². The van der Waals surface area contributed by atoms with Crippen molar-refractivity contribution in [2.45, 2.75) is 24.9 Å². The van der Waals surface area contributed by atoms with Gasteiger partial charge in [-0.2, -0.15) is 0 Å². The molecule has 2 rings (SSSR count). The standard InChI is InChI=1S/C13H17N3O2S2/c1-10-9-19-13(16-10)8-15-20(17,18)12-5-3-4-11(6-12)7-14-2/h3-6,9,14-15H,7-8H2,1-2H3. The van der Waals surface area contributed by atoms with Crippen molar-refractivity contribution in [1.29, 1.82) is 0 Å². The highest BCUT2D eigenvalue weighted by atomic mass is 32.2. The first-order chi connectivity index (χ1) is 9.51. The minimum Gasteiger partial charge on any atom is -0.316 e. The Kier molecular flexibility index (Phi) is 4.87. The van der Waals surface area contributed by atoms with Crippen LogP contribution in [0.15, 0.2) is 34.5 Å². The zero-order valence-corrected chi connectivity index (χ0v) is 13.0. The summed E-state index contributed by atoms with van der Waals surface area (Å²) < 4.78 is 27.0. The van der Waals surface area contributed by atoms with Gasteiger partial charge in [0.15, 0.2) is 0 Å². The molecule has 7 heteroatoms. The SMILES string of the molecule is CNCc1cccc(S(=O)(=O)NCc2nc(C)cs2)c1. The molecule has 0 saturated heterocycles. The smallest absolute Gasteiger partial charge is 0.240 e. The zero-order valence-electron chi connectivity index (χ0n) is 11.4. The van der Waals surface area contributed by atoms with Crippen LogP contribution >= 0.6 is 11.3 Å². The average molecular weight is 311 g/mol. The second-order valence-electron chi connectivity index (χ2n) is 4.38. The lowest BCUT2D eigenvalue weighted by Gasteiger charge is -2.07. The van der Waals surface area contributed by atoms with Crippen LogP contribution in [0.3, 0.4) is 0 Å². The monoisotopic (exact) mass is 311 g/mol. The van der Waals surface area contributed by atoms with Crippen molar-refractivity contribution in [2.24, 2.45) is 0 Å². The highest BCUT2D eigenvalue weighted by Gasteiger charge is 2.14. The van der Waals surface area contributed by atoms with E-state index in [0.717, 1.165) is 16.3 Å². The van der Waals surface area contributed by atoms with E-state index in [-0.39, 0.29) is 11.4 Å². The lowest BCUT2D eigenvalue weighted by atomic mass is 10.2.